The number of benzene rings is 2. The molecule has 3 rings (SSSR count). The summed E-state index contributed by atoms with van der Waals surface area (Å²) in [6.45, 7) is 5.02. The molecule has 0 saturated heterocycles. The van der Waals surface area contributed by atoms with E-state index >= 15 is 0 Å². The van der Waals surface area contributed by atoms with Crippen molar-refractivity contribution < 1.29 is 23.8 Å². The van der Waals surface area contributed by atoms with E-state index in [1.165, 1.54) is 7.11 Å². The summed E-state index contributed by atoms with van der Waals surface area (Å²) < 4.78 is 16.3. The van der Waals surface area contributed by atoms with E-state index in [0.29, 0.717) is 36.9 Å². The van der Waals surface area contributed by atoms with Crippen LogP contribution < -0.4 is 21.1 Å². The quantitative estimate of drug-likeness (QED) is 0.248. The van der Waals surface area contributed by atoms with Gasteiger partial charge in [-0.25, -0.2) is 9.78 Å². The summed E-state index contributed by atoms with van der Waals surface area (Å²) in [5, 5.41) is 6.25. The summed E-state index contributed by atoms with van der Waals surface area (Å²) in [5.41, 5.74) is 8.55. The molecule has 0 aliphatic heterocycles. The first-order valence-electron chi connectivity index (χ1n) is 13.0. The molecule has 9 nitrogen and oxygen atoms in total. The second-order valence-corrected chi connectivity index (χ2v) is 9.55. The Morgan fingerprint density at radius 2 is 1.72 bits per heavy atom. The number of hydrogen-bond acceptors (Lipinski definition) is 8. The number of pyridine rings is 1. The van der Waals surface area contributed by atoms with Crippen LogP contribution in [0.15, 0.2) is 72.9 Å². The van der Waals surface area contributed by atoms with E-state index in [9.17, 15) is 9.59 Å². The fraction of sp³-hybridized carbons (Fsp3) is 0.367. The van der Waals surface area contributed by atoms with Gasteiger partial charge < -0.3 is 30.6 Å². The molecule has 39 heavy (non-hydrogen) atoms. The van der Waals surface area contributed by atoms with Crippen molar-refractivity contribution in [3.63, 3.8) is 0 Å². The Morgan fingerprint density at radius 1 is 1.03 bits per heavy atom. The van der Waals surface area contributed by atoms with Gasteiger partial charge in [-0.05, 0) is 35.6 Å². The highest BCUT2D eigenvalue weighted by molar-refractivity contribution is 5.84. The Kier molecular flexibility index (Phi) is 11.7. The first-order chi connectivity index (χ1) is 18.9. The van der Waals surface area contributed by atoms with Crippen molar-refractivity contribution in [1.82, 2.24) is 15.6 Å². The van der Waals surface area contributed by atoms with Gasteiger partial charge in [-0.3, -0.25) is 4.79 Å². The predicted molar refractivity (Wildman–Crippen MR) is 150 cm³/mol. The van der Waals surface area contributed by atoms with Crippen molar-refractivity contribution >= 4 is 17.6 Å². The number of carbonyl (C=O) groups is 2. The molecule has 208 valence electrons. The summed E-state index contributed by atoms with van der Waals surface area (Å²) in [6.07, 6.45) is 2.39. The van der Waals surface area contributed by atoms with Crippen molar-refractivity contribution in [2.24, 2.45) is 5.92 Å². The maximum Gasteiger partial charge on any atom is 0.330 e. The fourth-order valence-corrected chi connectivity index (χ4v) is 3.95. The predicted octanol–water partition coefficient (Wildman–Crippen LogP) is 4.23. The number of amides is 1. The van der Waals surface area contributed by atoms with Crippen LogP contribution in [0.5, 0.6) is 11.6 Å². The normalized spacial score (nSPS) is 12.5. The molecule has 0 fully saturated rings. The molecule has 0 saturated carbocycles. The van der Waals surface area contributed by atoms with Gasteiger partial charge in [-0.2, -0.15) is 0 Å². The van der Waals surface area contributed by atoms with E-state index in [2.05, 4.69) is 29.5 Å². The summed E-state index contributed by atoms with van der Waals surface area (Å²) in [7, 11) is 1.29. The van der Waals surface area contributed by atoms with Crippen LogP contribution in [0.3, 0.4) is 0 Å². The highest BCUT2D eigenvalue weighted by Gasteiger charge is 2.23. The van der Waals surface area contributed by atoms with Crippen molar-refractivity contribution in [3.05, 3.63) is 84.1 Å². The number of nitrogens with one attached hydrogen (secondary N) is 2. The molecule has 2 atom stereocenters. The lowest BCUT2D eigenvalue weighted by atomic mass is 9.98. The zero-order chi connectivity index (χ0) is 28.0. The highest BCUT2D eigenvalue weighted by Crippen LogP contribution is 2.23. The van der Waals surface area contributed by atoms with E-state index < -0.39 is 12.0 Å². The fourth-order valence-electron chi connectivity index (χ4n) is 3.95. The zero-order valence-electron chi connectivity index (χ0n) is 22.8. The highest BCUT2D eigenvalue weighted by atomic mass is 16.5. The lowest BCUT2D eigenvalue weighted by Crippen LogP contribution is -2.45. The molecule has 1 heterocycles. The van der Waals surface area contributed by atoms with Gasteiger partial charge in [0.1, 0.15) is 5.75 Å². The number of esters is 1. The molecular formula is C30H38N4O5. The molecule has 0 bridgehead atoms. The molecule has 4 N–H and O–H groups in total. The third-order valence-electron chi connectivity index (χ3n) is 6.22. The average molecular weight is 535 g/mol. The van der Waals surface area contributed by atoms with Gasteiger partial charge in [0, 0.05) is 25.1 Å². The van der Waals surface area contributed by atoms with E-state index in [1.54, 1.807) is 6.20 Å². The van der Waals surface area contributed by atoms with Gasteiger partial charge in [0.15, 0.2) is 6.04 Å². The number of nitrogen functional groups attached to an aromatic ring is 1. The van der Waals surface area contributed by atoms with E-state index in [1.807, 2.05) is 66.7 Å². The zero-order valence-corrected chi connectivity index (χ0v) is 22.8. The molecule has 0 radical (unpaired) electrons. The number of ether oxygens (including phenoxy) is 3. The number of aromatic nitrogens is 1. The van der Waals surface area contributed by atoms with Crippen molar-refractivity contribution in [2.75, 3.05) is 19.5 Å². The van der Waals surface area contributed by atoms with Gasteiger partial charge in [-0.15, -0.1) is 0 Å². The molecule has 0 aliphatic rings. The van der Waals surface area contributed by atoms with Gasteiger partial charge in [-0.1, -0.05) is 62.4 Å². The van der Waals surface area contributed by atoms with Gasteiger partial charge in [0.25, 0.3) is 0 Å². The molecule has 0 spiro atoms. The summed E-state index contributed by atoms with van der Waals surface area (Å²) in [6, 6.07) is 20.0. The van der Waals surface area contributed by atoms with E-state index in [4.69, 9.17) is 19.9 Å². The molecule has 0 aliphatic carbocycles. The van der Waals surface area contributed by atoms with E-state index in [0.717, 1.165) is 11.1 Å². The smallest absolute Gasteiger partial charge is 0.330 e. The molecule has 2 aromatic carbocycles. The largest absolute Gasteiger partial charge is 0.467 e. The van der Waals surface area contributed by atoms with Crippen LogP contribution >= 0.6 is 0 Å². The van der Waals surface area contributed by atoms with Crippen LogP contribution in [0.1, 0.15) is 37.8 Å². The number of nitrogens with two attached hydrogens (primary N) is 1. The van der Waals surface area contributed by atoms with E-state index in [-0.39, 0.29) is 30.9 Å². The topological polar surface area (TPSA) is 125 Å². The Labute approximate surface area is 230 Å². The second kappa shape index (κ2) is 15.5. The van der Waals surface area contributed by atoms with Crippen LogP contribution in [0.25, 0.3) is 0 Å². The van der Waals surface area contributed by atoms with Gasteiger partial charge in [0.2, 0.25) is 11.8 Å². The van der Waals surface area contributed by atoms with Gasteiger partial charge in [0.05, 0.1) is 32.2 Å². The maximum absolute atomic E-state index is 12.7. The number of rotatable bonds is 15. The summed E-state index contributed by atoms with van der Waals surface area (Å²) >= 11 is 0. The first-order valence-corrected chi connectivity index (χ1v) is 13.0. The monoisotopic (exact) mass is 534 g/mol. The number of hydrogen-bond donors (Lipinski definition) is 3. The van der Waals surface area contributed by atoms with Crippen LogP contribution in [0.2, 0.25) is 0 Å². The number of nitrogens with zero attached hydrogens (tertiary/aromatic N) is 1. The second-order valence-electron chi connectivity index (χ2n) is 9.55. The third-order valence-corrected chi connectivity index (χ3v) is 6.22. The van der Waals surface area contributed by atoms with Crippen LogP contribution in [-0.4, -0.2) is 42.7 Å². The Morgan fingerprint density at radius 3 is 2.38 bits per heavy atom. The number of carbonyl (C=O) groups excluding carboxylic acids is 2. The summed E-state index contributed by atoms with van der Waals surface area (Å²) in [5.74, 6) is 0.609. The number of para-hydroxylation sites is 1. The van der Waals surface area contributed by atoms with Gasteiger partial charge >= 0.3 is 5.97 Å². The Balaban J connectivity index is 1.51. The first kappa shape index (κ1) is 29.6. The SMILES string of the molecule is COC(=O)[C@H](COCc1ccccc1)NC(=O)CC[C@H](NCc1cc(Oc2ccccc2)ncc1N)C(C)C. The molecule has 9 heteroatoms. The molecule has 1 aromatic heterocycles. The molecular weight excluding hydrogens is 496 g/mol. The maximum atomic E-state index is 12.7. The lowest BCUT2D eigenvalue weighted by molar-refractivity contribution is -0.147. The minimum Gasteiger partial charge on any atom is -0.467 e. The van der Waals surface area contributed by atoms with Crippen molar-refractivity contribution in [3.8, 4) is 11.6 Å². The Hall–Kier alpha value is -3.95. The molecule has 0 unspecified atom stereocenters. The lowest BCUT2D eigenvalue weighted by Gasteiger charge is -2.23. The van der Waals surface area contributed by atoms with Crippen LogP contribution in [0.4, 0.5) is 5.69 Å². The standard InChI is InChI=1S/C30H38N4O5/c1-21(2)26(32-17-23-16-29(33-18-25(23)31)39-24-12-8-5-9-13-24)14-15-28(35)34-27(30(36)37-3)20-38-19-22-10-6-4-7-11-22/h4-13,16,18,21,26-27,32H,14-15,17,19-20,31H2,1-3H3,(H,34,35)/t26-,27-/m0/s1. The molecule has 1 amide bonds. The number of methoxy groups -OCH3 is 1. The average Bonchev–Trinajstić information content (AvgIpc) is 2.94. The third kappa shape index (κ3) is 10.0. The molecule has 3 aromatic rings. The summed E-state index contributed by atoms with van der Waals surface area (Å²) in [4.78, 5) is 29.2. The van der Waals surface area contributed by atoms with Crippen LogP contribution in [-0.2, 0) is 32.2 Å². The minimum absolute atomic E-state index is 0.0217. The Bertz CT molecular complexity index is 1170. The van der Waals surface area contributed by atoms with Crippen molar-refractivity contribution in [2.45, 2.75) is 51.9 Å². The number of anilines is 1. The minimum atomic E-state index is -0.878. The van der Waals surface area contributed by atoms with Crippen molar-refractivity contribution in [1.29, 1.82) is 0 Å². The van der Waals surface area contributed by atoms with Crippen LogP contribution in [0, 0.1) is 5.92 Å².